The number of aryl methyl sites for hydroxylation is 2. The van der Waals surface area contributed by atoms with Gasteiger partial charge in [-0.1, -0.05) is 133 Å². The molecule has 0 aromatic heterocycles. The molecule has 3 aliphatic rings. The Morgan fingerprint density at radius 2 is 1.28 bits per heavy atom. The first-order chi connectivity index (χ1) is 21.0. The Morgan fingerprint density at radius 3 is 1.74 bits per heavy atom. The van der Waals surface area contributed by atoms with Crippen LogP contribution in [0.5, 0.6) is 0 Å². The molecule has 0 radical (unpaired) electrons. The van der Waals surface area contributed by atoms with E-state index < -0.39 is 8.24 Å². The van der Waals surface area contributed by atoms with Crippen molar-refractivity contribution < 1.29 is 36.9 Å². The Labute approximate surface area is 311 Å². The van der Waals surface area contributed by atoms with Crippen LogP contribution in [0.15, 0.2) is 97.1 Å². The van der Waals surface area contributed by atoms with Crippen molar-refractivity contribution in [3.05, 3.63) is 133 Å². The van der Waals surface area contributed by atoms with Gasteiger partial charge in [-0.05, 0) is 77.7 Å². The summed E-state index contributed by atoms with van der Waals surface area (Å²) in [5.41, 5.74) is 5.36. The summed E-state index contributed by atoms with van der Waals surface area (Å²) in [5, 5.41) is 2.95. The minimum Gasteiger partial charge on any atom is -0.652 e. The number of fused-ring (bicyclic) bond motifs is 1. The fraction of sp³-hybridized carbons (Fsp3) is 0.415. The molecule has 3 nitrogen and oxygen atoms in total. The number of rotatable bonds is 6. The van der Waals surface area contributed by atoms with E-state index in [9.17, 15) is 0 Å². The maximum atomic E-state index is 5.94. The van der Waals surface area contributed by atoms with Gasteiger partial charge in [0.2, 0.25) is 0 Å². The first kappa shape index (κ1) is 38.6. The molecular weight excluding hydrogens is 738 g/mol. The van der Waals surface area contributed by atoms with Crippen molar-refractivity contribution in [1.82, 2.24) is 4.90 Å². The molecule has 1 heterocycles. The van der Waals surface area contributed by atoms with E-state index in [1.807, 2.05) is 32.3 Å². The third-order valence-corrected chi connectivity index (χ3v) is 14.9. The predicted octanol–water partition coefficient (Wildman–Crippen LogP) is 8.52. The fourth-order valence-electron chi connectivity index (χ4n) is 7.82. The van der Waals surface area contributed by atoms with Gasteiger partial charge in [-0.15, -0.1) is 11.6 Å². The Balaban J connectivity index is 0.000000413. The monoisotopic (exact) mass is 793 g/mol. The third-order valence-electron chi connectivity index (χ3n) is 9.74. The van der Waals surface area contributed by atoms with Crippen molar-refractivity contribution in [2.45, 2.75) is 71.0 Å². The van der Waals surface area contributed by atoms with Crippen molar-refractivity contribution >= 4 is 24.3 Å². The molecule has 1 saturated carbocycles. The van der Waals surface area contributed by atoms with Crippen LogP contribution in [0.4, 0.5) is 5.69 Å². The maximum absolute atomic E-state index is 5.94. The summed E-state index contributed by atoms with van der Waals surface area (Å²) in [4.78, 5) is 10.8. The summed E-state index contributed by atoms with van der Waals surface area (Å²) < 4.78 is 0. The fourth-order valence-corrected chi connectivity index (χ4v) is 13.3. The zero-order valence-electron chi connectivity index (χ0n) is 29.4. The topological polar surface area (TPSA) is 20.6 Å². The van der Waals surface area contributed by atoms with Gasteiger partial charge in [0.1, 0.15) is 0 Å². The molecule has 4 atom stereocenters. The molecule has 2 fully saturated rings. The van der Waals surface area contributed by atoms with Crippen LogP contribution in [-0.4, -0.2) is 51.9 Å². The third kappa shape index (κ3) is 8.60. The smallest absolute Gasteiger partial charge is 0.652 e. The van der Waals surface area contributed by atoms with E-state index >= 15 is 0 Å². The van der Waals surface area contributed by atoms with Gasteiger partial charge in [0, 0.05) is 14.3 Å². The van der Waals surface area contributed by atoms with Crippen LogP contribution in [0.25, 0.3) is 4.98 Å². The number of para-hydroxylation sites is 1. The maximum Gasteiger partial charge on any atom is 3.00 e. The van der Waals surface area contributed by atoms with E-state index in [4.69, 9.17) is 4.98 Å². The molecule has 3 aromatic carbocycles. The molecular formula is C41H56LuN3Si. The van der Waals surface area contributed by atoms with Crippen molar-refractivity contribution in [2.75, 3.05) is 32.1 Å². The van der Waals surface area contributed by atoms with Crippen molar-refractivity contribution in [3.63, 3.8) is 0 Å². The molecule has 0 amide bonds. The van der Waals surface area contributed by atoms with Gasteiger partial charge >= 0.3 is 36.9 Å². The SMILES string of the molecule is Cc1ccc([Si]([N-]C(C)(C)C)(c2ccc(C)cc2)C2CC(N3CCCC3)C3C=CC=CC32)cc1.[CH2-]c1ccccc1N(C)C.[CH3-].[Lu+3]. The van der Waals surface area contributed by atoms with Crippen LogP contribution in [0.2, 0.25) is 5.54 Å². The van der Waals surface area contributed by atoms with Gasteiger partial charge in [-0.2, -0.15) is 18.6 Å². The summed E-state index contributed by atoms with van der Waals surface area (Å²) in [7, 11) is 1.55. The first-order valence-electron chi connectivity index (χ1n) is 16.6. The van der Waals surface area contributed by atoms with E-state index in [0.717, 1.165) is 5.56 Å². The van der Waals surface area contributed by atoms with Gasteiger partial charge < -0.3 is 17.3 Å². The Hall–Kier alpha value is -1.82. The predicted molar refractivity (Wildman–Crippen MR) is 200 cm³/mol. The van der Waals surface area contributed by atoms with Crippen molar-refractivity contribution in [2.24, 2.45) is 11.8 Å². The standard InChI is InChI=1S/C31H41N2Si.C9H12N.CH3.Lu/c1-23-12-16-25(17-13-23)34(32-31(3,4)5,26-18-14-24(2)15-19-26)30-22-29(33-20-8-9-21-33)27-10-6-7-11-28(27)30;1-8-6-4-5-7-9(8)10(2)3;;/h6-7,10-19,27-30H,8-9,20-22H2,1-5H3;4-7H,1H2,2-3H3;1H3;/q3*-1;+3. The average molecular weight is 794 g/mol. The molecule has 46 heavy (non-hydrogen) atoms. The van der Waals surface area contributed by atoms with Gasteiger partial charge in [0.25, 0.3) is 0 Å². The molecule has 0 spiro atoms. The number of hydrogen-bond donors (Lipinski definition) is 0. The largest absolute Gasteiger partial charge is 3.00 e. The number of anilines is 1. The molecule has 0 bridgehead atoms. The van der Waals surface area contributed by atoms with Crippen LogP contribution in [-0.2, 0) is 0 Å². The molecule has 4 unspecified atom stereocenters. The van der Waals surface area contributed by atoms with E-state index in [0.29, 0.717) is 23.4 Å². The van der Waals surface area contributed by atoms with Gasteiger partial charge in [0.05, 0.1) is 0 Å². The molecule has 2 aliphatic carbocycles. The second-order valence-corrected chi connectivity index (χ2v) is 18.0. The van der Waals surface area contributed by atoms with Crippen LogP contribution in [0.1, 0.15) is 56.7 Å². The van der Waals surface area contributed by atoms with Crippen molar-refractivity contribution in [1.29, 1.82) is 0 Å². The first-order valence-corrected chi connectivity index (χ1v) is 18.6. The molecule has 1 saturated heterocycles. The van der Waals surface area contributed by atoms with Crippen LogP contribution in [0, 0.1) is 76.9 Å². The van der Waals surface area contributed by atoms with E-state index in [1.54, 1.807) is 0 Å². The summed E-state index contributed by atoms with van der Waals surface area (Å²) in [6, 6.07) is 27.6. The summed E-state index contributed by atoms with van der Waals surface area (Å²) in [6.45, 7) is 17.7. The minimum atomic E-state index is -2.48. The summed E-state index contributed by atoms with van der Waals surface area (Å²) in [5.74, 6) is 1.15. The summed E-state index contributed by atoms with van der Waals surface area (Å²) in [6.07, 6.45) is 13.6. The molecule has 1 aliphatic heterocycles. The zero-order valence-corrected chi connectivity index (χ0v) is 32.0. The van der Waals surface area contributed by atoms with E-state index in [2.05, 4.69) is 130 Å². The molecule has 254 valence electrons. The van der Waals surface area contributed by atoms with Crippen LogP contribution < -0.4 is 15.3 Å². The van der Waals surface area contributed by atoms with Crippen molar-refractivity contribution in [3.8, 4) is 0 Å². The zero-order chi connectivity index (χ0) is 31.5. The van der Waals surface area contributed by atoms with E-state index in [-0.39, 0.29) is 49.8 Å². The van der Waals surface area contributed by atoms with Gasteiger partial charge in [0.15, 0.2) is 0 Å². The Morgan fingerprint density at radius 1 is 0.783 bits per heavy atom. The molecule has 0 N–H and O–H groups in total. The number of benzene rings is 3. The molecule has 6 rings (SSSR count). The Kier molecular flexibility index (Phi) is 13.9. The number of nitrogens with zero attached hydrogens (tertiary/aromatic N) is 3. The average Bonchev–Trinajstić information content (AvgIpc) is 3.66. The van der Waals surface area contributed by atoms with Gasteiger partial charge in [-0.25, -0.2) is 0 Å². The molecule has 5 heteroatoms. The van der Waals surface area contributed by atoms with Crippen LogP contribution in [0.3, 0.4) is 0 Å². The van der Waals surface area contributed by atoms with E-state index in [1.165, 1.54) is 59.5 Å². The second kappa shape index (κ2) is 16.5. The Bertz CT molecular complexity index is 1390. The van der Waals surface area contributed by atoms with Gasteiger partial charge in [-0.3, -0.25) is 4.90 Å². The number of allylic oxidation sites excluding steroid dienone is 3. The number of likely N-dealkylation sites (tertiary alicyclic amines) is 1. The summed E-state index contributed by atoms with van der Waals surface area (Å²) >= 11 is 0. The quantitative estimate of drug-likeness (QED) is 0.185. The number of hydrogen-bond acceptors (Lipinski definition) is 2. The molecule has 3 aromatic rings. The normalized spacial score (nSPS) is 22.2. The minimum absolute atomic E-state index is 0. The second-order valence-electron chi connectivity index (χ2n) is 14.4. The van der Waals surface area contributed by atoms with Crippen LogP contribution >= 0.6 is 0 Å².